The van der Waals surface area contributed by atoms with Crippen molar-refractivity contribution in [3.63, 3.8) is 0 Å². The fourth-order valence-corrected chi connectivity index (χ4v) is 3.15. The zero-order chi connectivity index (χ0) is 16.6. The highest BCUT2D eigenvalue weighted by Crippen LogP contribution is 2.36. The molecular weight excluding hydrogens is 288 g/mol. The summed E-state index contributed by atoms with van der Waals surface area (Å²) in [4.78, 5) is 19.2. The number of para-hydroxylation sites is 1. The molecule has 1 fully saturated rings. The molecule has 2 heterocycles. The van der Waals surface area contributed by atoms with Gasteiger partial charge in [-0.1, -0.05) is 33.8 Å². The lowest BCUT2D eigenvalue weighted by Gasteiger charge is -2.47. The van der Waals surface area contributed by atoms with Crippen LogP contribution in [0.1, 0.15) is 34.1 Å². The second kappa shape index (κ2) is 5.87. The van der Waals surface area contributed by atoms with Crippen LogP contribution in [-0.2, 0) is 0 Å². The van der Waals surface area contributed by atoms with Crippen molar-refractivity contribution in [1.29, 1.82) is 0 Å². The number of imidazole rings is 1. The van der Waals surface area contributed by atoms with Crippen molar-refractivity contribution in [3.05, 3.63) is 24.5 Å². The first-order valence-electron chi connectivity index (χ1n) is 8.37. The summed E-state index contributed by atoms with van der Waals surface area (Å²) in [6.45, 7) is 11.6. The molecular formula is C18H26N4O. The first kappa shape index (κ1) is 15.8. The van der Waals surface area contributed by atoms with Gasteiger partial charge in [0.2, 0.25) is 0 Å². The highest BCUT2D eigenvalue weighted by molar-refractivity contribution is 5.95. The molecule has 0 radical (unpaired) electrons. The number of aromatic nitrogens is 2. The molecule has 0 aliphatic carbocycles. The summed E-state index contributed by atoms with van der Waals surface area (Å²) in [5.74, 6) is 0.580. The molecule has 0 unspecified atom stereocenters. The normalized spacial score (nSPS) is 16.7. The van der Waals surface area contributed by atoms with E-state index >= 15 is 0 Å². The molecule has 1 aromatic heterocycles. The number of nitrogens with one attached hydrogen (secondary N) is 1. The van der Waals surface area contributed by atoms with Crippen LogP contribution in [0.3, 0.4) is 0 Å². The summed E-state index contributed by atoms with van der Waals surface area (Å²) in [5, 5.41) is 2.97. The van der Waals surface area contributed by atoms with Crippen molar-refractivity contribution in [2.45, 2.75) is 34.1 Å². The number of hydrogen-bond acceptors (Lipinski definition) is 3. The van der Waals surface area contributed by atoms with Crippen LogP contribution in [0.2, 0.25) is 0 Å². The van der Waals surface area contributed by atoms with Gasteiger partial charge in [-0.2, -0.15) is 0 Å². The van der Waals surface area contributed by atoms with Gasteiger partial charge < -0.3 is 10.2 Å². The van der Waals surface area contributed by atoms with Gasteiger partial charge in [0.25, 0.3) is 0 Å². The smallest absolute Gasteiger partial charge is 0.327 e. The monoisotopic (exact) mass is 314 g/mol. The molecule has 3 rings (SSSR count). The summed E-state index contributed by atoms with van der Waals surface area (Å²) in [6.07, 6.45) is 2.61. The van der Waals surface area contributed by atoms with Gasteiger partial charge in [0, 0.05) is 19.6 Å². The minimum absolute atomic E-state index is 0.103. The van der Waals surface area contributed by atoms with Crippen molar-refractivity contribution < 1.29 is 4.79 Å². The quantitative estimate of drug-likeness (QED) is 0.940. The van der Waals surface area contributed by atoms with Crippen LogP contribution >= 0.6 is 0 Å². The Morgan fingerprint density at radius 1 is 1.35 bits per heavy atom. The molecule has 1 aliphatic rings. The van der Waals surface area contributed by atoms with E-state index in [-0.39, 0.29) is 6.03 Å². The molecule has 1 aromatic carbocycles. The molecule has 2 aromatic rings. The number of rotatable bonds is 4. The van der Waals surface area contributed by atoms with E-state index in [1.54, 1.807) is 10.9 Å². The maximum absolute atomic E-state index is 12.4. The molecule has 0 saturated carbocycles. The molecule has 5 heteroatoms. The van der Waals surface area contributed by atoms with Crippen LogP contribution < -0.4 is 10.2 Å². The fourth-order valence-electron chi connectivity index (χ4n) is 3.15. The summed E-state index contributed by atoms with van der Waals surface area (Å²) in [5.41, 5.74) is 3.26. The third kappa shape index (κ3) is 3.19. The van der Waals surface area contributed by atoms with E-state index in [0.717, 1.165) is 36.2 Å². The molecule has 1 aliphatic heterocycles. The Morgan fingerprint density at radius 3 is 2.74 bits per heavy atom. The molecule has 0 spiro atoms. The van der Waals surface area contributed by atoms with Gasteiger partial charge in [0.15, 0.2) is 0 Å². The molecule has 1 N–H and O–H groups in total. The predicted molar refractivity (Wildman–Crippen MR) is 94.0 cm³/mol. The number of hydrogen-bond donors (Lipinski definition) is 1. The Kier molecular flexibility index (Phi) is 4.04. The Balaban J connectivity index is 1.80. The number of nitrogens with zero attached hydrogens (tertiary/aromatic N) is 3. The van der Waals surface area contributed by atoms with E-state index in [0.29, 0.717) is 17.9 Å². The van der Waals surface area contributed by atoms with Gasteiger partial charge in [0.05, 0.1) is 11.2 Å². The van der Waals surface area contributed by atoms with Crippen molar-refractivity contribution >= 4 is 22.8 Å². The lowest BCUT2D eigenvalue weighted by atomic mass is 9.84. The van der Waals surface area contributed by atoms with Crippen molar-refractivity contribution in [2.24, 2.45) is 11.3 Å². The largest absolute Gasteiger partial charge is 0.369 e. The lowest BCUT2D eigenvalue weighted by Crippen LogP contribution is -2.53. The Hall–Kier alpha value is -2.04. The van der Waals surface area contributed by atoms with Crippen LogP contribution in [0.5, 0.6) is 0 Å². The fraction of sp³-hybridized carbons (Fsp3) is 0.556. The number of benzene rings is 1. The second-order valence-corrected chi connectivity index (χ2v) is 7.69. The van der Waals surface area contributed by atoms with E-state index < -0.39 is 0 Å². The molecule has 5 nitrogen and oxygen atoms in total. The molecule has 0 bridgehead atoms. The average molecular weight is 314 g/mol. The van der Waals surface area contributed by atoms with Crippen molar-refractivity contribution in [1.82, 2.24) is 14.9 Å². The first-order valence-corrected chi connectivity index (χ1v) is 8.37. The lowest BCUT2D eigenvalue weighted by molar-refractivity contribution is 0.242. The SMILES string of the molecule is CC(C)CCNC(=O)n1cnc2c(N3CC(C)(C)C3)cccc21. The number of fused-ring (bicyclic) bond motifs is 1. The average Bonchev–Trinajstić information content (AvgIpc) is 2.88. The van der Waals surface area contributed by atoms with Gasteiger partial charge in [-0.25, -0.2) is 9.78 Å². The van der Waals surface area contributed by atoms with E-state index in [4.69, 9.17) is 0 Å². The molecule has 1 saturated heterocycles. The topological polar surface area (TPSA) is 50.2 Å². The summed E-state index contributed by atoms with van der Waals surface area (Å²) < 4.78 is 1.62. The van der Waals surface area contributed by atoms with E-state index in [1.807, 2.05) is 12.1 Å². The molecule has 0 atom stereocenters. The minimum atomic E-state index is -0.103. The van der Waals surface area contributed by atoms with Crippen LogP contribution in [-0.4, -0.2) is 35.2 Å². The zero-order valence-corrected chi connectivity index (χ0v) is 14.5. The molecule has 23 heavy (non-hydrogen) atoms. The predicted octanol–water partition coefficient (Wildman–Crippen LogP) is 3.49. The zero-order valence-electron chi connectivity index (χ0n) is 14.5. The highest BCUT2D eigenvalue weighted by Gasteiger charge is 2.35. The van der Waals surface area contributed by atoms with Crippen LogP contribution in [0.15, 0.2) is 24.5 Å². The van der Waals surface area contributed by atoms with Gasteiger partial charge in [-0.05, 0) is 29.9 Å². The summed E-state index contributed by atoms with van der Waals surface area (Å²) >= 11 is 0. The van der Waals surface area contributed by atoms with Crippen LogP contribution in [0.25, 0.3) is 11.0 Å². The van der Waals surface area contributed by atoms with Crippen molar-refractivity contribution in [2.75, 3.05) is 24.5 Å². The van der Waals surface area contributed by atoms with Crippen LogP contribution in [0.4, 0.5) is 10.5 Å². The Bertz CT molecular complexity index is 709. The standard InChI is InChI=1S/C18H26N4O/c1-13(2)8-9-19-17(23)22-12-20-16-14(6-5-7-15(16)22)21-10-18(3,4)11-21/h5-7,12-13H,8-11H2,1-4H3,(H,19,23). The maximum Gasteiger partial charge on any atom is 0.327 e. The Morgan fingerprint density at radius 2 is 2.09 bits per heavy atom. The summed E-state index contributed by atoms with van der Waals surface area (Å²) in [6, 6.07) is 5.95. The number of carbonyl (C=O) groups is 1. The van der Waals surface area contributed by atoms with Gasteiger partial charge in [-0.15, -0.1) is 0 Å². The van der Waals surface area contributed by atoms with Crippen molar-refractivity contribution in [3.8, 4) is 0 Å². The van der Waals surface area contributed by atoms with Gasteiger partial charge in [-0.3, -0.25) is 4.57 Å². The first-order chi connectivity index (χ1) is 10.9. The van der Waals surface area contributed by atoms with Crippen LogP contribution in [0, 0.1) is 11.3 Å². The second-order valence-electron chi connectivity index (χ2n) is 7.69. The van der Waals surface area contributed by atoms with E-state index in [9.17, 15) is 4.79 Å². The third-order valence-corrected chi connectivity index (χ3v) is 4.35. The third-order valence-electron chi connectivity index (χ3n) is 4.35. The number of carbonyl (C=O) groups excluding carboxylic acids is 1. The molecule has 124 valence electrons. The number of anilines is 1. The number of amides is 1. The van der Waals surface area contributed by atoms with Gasteiger partial charge >= 0.3 is 6.03 Å². The van der Waals surface area contributed by atoms with E-state index in [1.165, 1.54) is 0 Å². The molecule has 1 amide bonds. The Labute approximate surface area is 137 Å². The van der Waals surface area contributed by atoms with E-state index in [2.05, 4.69) is 49.0 Å². The highest BCUT2D eigenvalue weighted by atomic mass is 16.2. The maximum atomic E-state index is 12.4. The minimum Gasteiger partial charge on any atom is -0.369 e. The summed E-state index contributed by atoms with van der Waals surface area (Å²) in [7, 11) is 0. The van der Waals surface area contributed by atoms with Gasteiger partial charge in [0.1, 0.15) is 11.8 Å².